The van der Waals surface area contributed by atoms with Crippen LogP contribution in [0.3, 0.4) is 0 Å². The SMILES string of the molecule is CCn1cnc(C2NC(C)(C)C(=O)N2CC2CCCCC2)c1. The van der Waals surface area contributed by atoms with Gasteiger partial charge in [0.05, 0.1) is 17.6 Å². The van der Waals surface area contributed by atoms with Gasteiger partial charge in [0.2, 0.25) is 5.91 Å². The van der Waals surface area contributed by atoms with Crippen molar-refractivity contribution in [2.45, 2.75) is 71.1 Å². The summed E-state index contributed by atoms with van der Waals surface area (Å²) in [5.41, 5.74) is 0.451. The molecule has 0 aromatic carbocycles. The minimum absolute atomic E-state index is 0.0859. The van der Waals surface area contributed by atoms with E-state index in [-0.39, 0.29) is 12.1 Å². The van der Waals surface area contributed by atoms with Gasteiger partial charge in [0.1, 0.15) is 6.17 Å². The second-order valence-electron chi connectivity index (χ2n) is 7.26. The maximum absolute atomic E-state index is 12.8. The molecular weight excluding hydrogens is 276 g/mol. The van der Waals surface area contributed by atoms with Gasteiger partial charge in [-0.2, -0.15) is 0 Å². The standard InChI is InChI=1S/C17H28N4O/c1-4-20-11-14(18-12-20)15-19-17(2,3)16(22)21(15)10-13-8-6-5-7-9-13/h11-13,15,19H,4-10H2,1-3H3. The third-order valence-corrected chi connectivity index (χ3v) is 5.08. The lowest BCUT2D eigenvalue weighted by Gasteiger charge is -2.30. The quantitative estimate of drug-likeness (QED) is 0.930. The van der Waals surface area contributed by atoms with Crippen LogP contribution in [-0.4, -0.2) is 32.4 Å². The van der Waals surface area contributed by atoms with Crippen molar-refractivity contribution in [2.24, 2.45) is 5.92 Å². The zero-order valence-electron chi connectivity index (χ0n) is 14.0. The largest absolute Gasteiger partial charge is 0.337 e. The molecule has 22 heavy (non-hydrogen) atoms. The molecule has 5 nitrogen and oxygen atoms in total. The van der Waals surface area contributed by atoms with E-state index in [0.29, 0.717) is 5.92 Å². The molecule has 2 heterocycles. The molecular formula is C17H28N4O. The van der Waals surface area contributed by atoms with Crippen LogP contribution in [0.15, 0.2) is 12.5 Å². The van der Waals surface area contributed by atoms with E-state index < -0.39 is 5.54 Å². The fraction of sp³-hybridized carbons (Fsp3) is 0.765. The number of aryl methyl sites for hydroxylation is 1. The van der Waals surface area contributed by atoms with E-state index in [1.54, 1.807) is 0 Å². The van der Waals surface area contributed by atoms with Gasteiger partial charge >= 0.3 is 0 Å². The van der Waals surface area contributed by atoms with Crippen LogP contribution in [0.5, 0.6) is 0 Å². The number of hydrogen-bond donors (Lipinski definition) is 1. The molecule has 1 amide bonds. The first-order valence-corrected chi connectivity index (χ1v) is 8.61. The van der Waals surface area contributed by atoms with E-state index in [0.717, 1.165) is 18.8 Å². The Morgan fingerprint density at radius 3 is 2.68 bits per heavy atom. The second-order valence-corrected chi connectivity index (χ2v) is 7.26. The highest BCUT2D eigenvalue weighted by molar-refractivity contribution is 5.88. The summed E-state index contributed by atoms with van der Waals surface area (Å²) in [5, 5.41) is 3.47. The molecule has 1 aliphatic heterocycles. The molecule has 3 rings (SSSR count). The summed E-state index contributed by atoms with van der Waals surface area (Å²) in [4.78, 5) is 19.3. The fourth-order valence-electron chi connectivity index (χ4n) is 3.72. The molecule has 0 bridgehead atoms. The van der Waals surface area contributed by atoms with Crippen molar-refractivity contribution in [3.05, 3.63) is 18.2 Å². The lowest BCUT2D eigenvalue weighted by molar-refractivity contribution is -0.133. The number of nitrogens with zero attached hydrogens (tertiary/aromatic N) is 3. The Kier molecular flexibility index (Phi) is 4.26. The van der Waals surface area contributed by atoms with Gasteiger partial charge in [-0.3, -0.25) is 10.1 Å². The second kappa shape index (κ2) is 6.03. The highest BCUT2D eigenvalue weighted by Crippen LogP contribution is 2.33. The molecule has 1 saturated carbocycles. The predicted molar refractivity (Wildman–Crippen MR) is 86.1 cm³/mol. The van der Waals surface area contributed by atoms with Gasteiger partial charge in [0, 0.05) is 19.3 Å². The molecule has 1 atom stereocenters. The van der Waals surface area contributed by atoms with Gasteiger partial charge < -0.3 is 9.47 Å². The first-order chi connectivity index (χ1) is 10.5. The van der Waals surface area contributed by atoms with Crippen LogP contribution in [-0.2, 0) is 11.3 Å². The number of rotatable bonds is 4. The van der Waals surface area contributed by atoms with E-state index in [1.165, 1.54) is 32.1 Å². The van der Waals surface area contributed by atoms with E-state index in [1.807, 2.05) is 25.1 Å². The number of carbonyl (C=O) groups excluding carboxylic acids is 1. The van der Waals surface area contributed by atoms with Crippen LogP contribution in [0.4, 0.5) is 0 Å². The Morgan fingerprint density at radius 2 is 2.05 bits per heavy atom. The molecule has 0 spiro atoms. The Bertz CT molecular complexity index is 531. The van der Waals surface area contributed by atoms with Gasteiger partial charge in [-0.05, 0) is 39.5 Å². The average Bonchev–Trinajstić information content (AvgIpc) is 3.07. The fourth-order valence-corrected chi connectivity index (χ4v) is 3.72. The molecule has 1 N–H and O–H groups in total. The van der Waals surface area contributed by atoms with Crippen molar-refractivity contribution in [3.63, 3.8) is 0 Å². The average molecular weight is 304 g/mol. The van der Waals surface area contributed by atoms with E-state index in [2.05, 4.69) is 28.0 Å². The van der Waals surface area contributed by atoms with Crippen molar-refractivity contribution < 1.29 is 4.79 Å². The summed E-state index contributed by atoms with van der Waals surface area (Å²) < 4.78 is 2.06. The van der Waals surface area contributed by atoms with Gasteiger partial charge in [-0.15, -0.1) is 0 Å². The van der Waals surface area contributed by atoms with Crippen LogP contribution >= 0.6 is 0 Å². The van der Waals surface area contributed by atoms with Crippen LogP contribution < -0.4 is 5.32 Å². The number of carbonyl (C=O) groups is 1. The zero-order chi connectivity index (χ0) is 15.7. The maximum atomic E-state index is 12.8. The Morgan fingerprint density at radius 1 is 1.32 bits per heavy atom. The van der Waals surface area contributed by atoms with Crippen molar-refractivity contribution in [3.8, 4) is 0 Å². The molecule has 1 aliphatic carbocycles. The number of aromatic nitrogens is 2. The van der Waals surface area contributed by atoms with Crippen molar-refractivity contribution >= 4 is 5.91 Å². The third kappa shape index (κ3) is 2.91. The molecule has 1 aromatic rings. The molecule has 0 radical (unpaired) electrons. The highest BCUT2D eigenvalue weighted by Gasteiger charge is 2.46. The highest BCUT2D eigenvalue weighted by atomic mass is 16.2. The van der Waals surface area contributed by atoms with Crippen LogP contribution in [0.25, 0.3) is 0 Å². The van der Waals surface area contributed by atoms with Gasteiger partial charge in [0.15, 0.2) is 0 Å². The molecule has 1 unspecified atom stereocenters. The normalized spacial score (nSPS) is 25.9. The first-order valence-electron chi connectivity index (χ1n) is 8.61. The summed E-state index contributed by atoms with van der Waals surface area (Å²) >= 11 is 0. The predicted octanol–water partition coefficient (Wildman–Crippen LogP) is 2.69. The van der Waals surface area contributed by atoms with Crippen molar-refractivity contribution in [2.75, 3.05) is 6.54 Å². The summed E-state index contributed by atoms with van der Waals surface area (Å²) in [6.45, 7) is 7.81. The summed E-state index contributed by atoms with van der Waals surface area (Å²) in [7, 11) is 0. The number of amides is 1. The maximum Gasteiger partial charge on any atom is 0.243 e. The Balaban J connectivity index is 1.80. The van der Waals surface area contributed by atoms with Crippen molar-refractivity contribution in [1.82, 2.24) is 19.8 Å². The number of hydrogen-bond acceptors (Lipinski definition) is 3. The Labute approximate surface area is 133 Å². The topological polar surface area (TPSA) is 50.2 Å². The van der Waals surface area contributed by atoms with E-state index in [9.17, 15) is 4.79 Å². The number of imidazole rings is 1. The minimum Gasteiger partial charge on any atom is -0.337 e. The van der Waals surface area contributed by atoms with Crippen molar-refractivity contribution in [1.29, 1.82) is 0 Å². The smallest absolute Gasteiger partial charge is 0.243 e. The Hall–Kier alpha value is -1.36. The molecule has 5 heteroatoms. The van der Waals surface area contributed by atoms with Gasteiger partial charge in [-0.1, -0.05) is 19.3 Å². The third-order valence-electron chi connectivity index (χ3n) is 5.08. The summed E-state index contributed by atoms with van der Waals surface area (Å²) in [6, 6.07) is 0. The van der Waals surface area contributed by atoms with Crippen LogP contribution in [0.1, 0.15) is 64.7 Å². The number of nitrogens with one attached hydrogen (secondary N) is 1. The van der Waals surface area contributed by atoms with Crippen LogP contribution in [0.2, 0.25) is 0 Å². The van der Waals surface area contributed by atoms with E-state index >= 15 is 0 Å². The van der Waals surface area contributed by atoms with Gasteiger partial charge in [0.25, 0.3) is 0 Å². The summed E-state index contributed by atoms with van der Waals surface area (Å²) in [6.07, 6.45) is 10.3. The molecule has 1 aromatic heterocycles. The lowest BCUT2D eigenvalue weighted by Crippen LogP contribution is -2.41. The van der Waals surface area contributed by atoms with Crippen LogP contribution in [0, 0.1) is 5.92 Å². The minimum atomic E-state index is -0.505. The monoisotopic (exact) mass is 304 g/mol. The lowest BCUT2D eigenvalue weighted by atomic mass is 9.88. The first kappa shape index (κ1) is 15.5. The molecule has 2 aliphatic rings. The molecule has 2 fully saturated rings. The summed E-state index contributed by atoms with van der Waals surface area (Å²) in [5.74, 6) is 0.846. The zero-order valence-corrected chi connectivity index (χ0v) is 14.0. The van der Waals surface area contributed by atoms with Gasteiger partial charge in [-0.25, -0.2) is 4.98 Å². The molecule has 122 valence electrons. The van der Waals surface area contributed by atoms with E-state index in [4.69, 9.17) is 0 Å². The molecule has 1 saturated heterocycles.